The molecule has 0 spiro atoms. The summed E-state index contributed by atoms with van der Waals surface area (Å²) in [4.78, 5) is 2.35. The summed E-state index contributed by atoms with van der Waals surface area (Å²) in [5, 5.41) is 4.61. The summed E-state index contributed by atoms with van der Waals surface area (Å²) < 4.78 is 6.79. The van der Waals surface area contributed by atoms with Gasteiger partial charge in [0.2, 0.25) is 0 Å². The van der Waals surface area contributed by atoms with Gasteiger partial charge in [-0.1, -0.05) is 146 Å². The molecule has 1 aromatic heterocycles. The third-order valence-electron chi connectivity index (χ3n) is 10.3. The Balaban J connectivity index is 1.25. The van der Waals surface area contributed by atoms with Crippen molar-refractivity contribution in [3.8, 4) is 11.1 Å². The molecule has 0 N–H and O–H groups in total. The first-order valence-corrected chi connectivity index (χ1v) is 16.9. The van der Waals surface area contributed by atoms with Gasteiger partial charge in [0.1, 0.15) is 5.58 Å². The van der Waals surface area contributed by atoms with Crippen LogP contribution in [0.2, 0.25) is 0 Å². The van der Waals surface area contributed by atoms with E-state index < -0.39 is 5.41 Å². The summed E-state index contributed by atoms with van der Waals surface area (Å²) in [5.41, 5.74) is 12.1. The molecule has 1 aliphatic carbocycles. The molecule has 8 aromatic carbocycles. The zero-order valence-electron chi connectivity index (χ0n) is 26.8. The van der Waals surface area contributed by atoms with Crippen molar-refractivity contribution in [2.24, 2.45) is 0 Å². The minimum absolute atomic E-state index is 0.488. The number of hydrogen-bond acceptors (Lipinski definition) is 2. The Bertz CT molecular complexity index is 2630. The van der Waals surface area contributed by atoms with Crippen molar-refractivity contribution in [2.45, 2.75) is 5.41 Å². The topological polar surface area (TPSA) is 16.4 Å². The molecule has 0 amide bonds. The summed E-state index contributed by atoms with van der Waals surface area (Å²) in [6, 6.07) is 67.9. The lowest BCUT2D eigenvalue weighted by Gasteiger charge is -2.35. The molecule has 0 fully saturated rings. The molecule has 0 atom stereocenters. The number of furan rings is 1. The standard InChI is InChI=1S/C47H31NO/c1-3-17-34(18-4-1)47(42-26-11-9-23-38(42)39-24-10-12-27-43(39)47)35-19-13-22-37(31-35)48(36-20-5-2-6-21-36)44-28-14-25-40-41-29-32-15-7-8-16-33(32)30-45(41)49-46(40)44/h1-31H. The zero-order chi connectivity index (χ0) is 32.4. The summed E-state index contributed by atoms with van der Waals surface area (Å²) in [6.07, 6.45) is 0. The van der Waals surface area contributed by atoms with Gasteiger partial charge in [-0.3, -0.25) is 0 Å². The molecule has 1 heterocycles. The van der Waals surface area contributed by atoms with Crippen LogP contribution in [0.3, 0.4) is 0 Å². The number of anilines is 3. The second kappa shape index (κ2) is 10.8. The Morgan fingerprint density at radius 1 is 0.408 bits per heavy atom. The van der Waals surface area contributed by atoms with E-state index in [-0.39, 0.29) is 0 Å². The maximum absolute atomic E-state index is 6.79. The third kappa shape index (κ3) is 4.07. The molecule has 10 rings (SSSR count). The highest BCUT2D eigenvalue weighted by molar-refractivity contribution is 6.13. The maximum atomic E-state index is 6.79. The molecular formula is C47H31NO. The van der Waals surface area contributed by atoms with E-state index >= 15 is 0 Å². The van der Waals surface area contributed by atoms with E-state index in [1.165, 1.54) is 44.2 Å². The second-order valence-corrected chi connectivity index (χ2v) is 12.9. The van der Waals surface area contributed by atoms with Gasteiger partial charge in [-0.15, -0.1) is 0 Å². The van der Waals surface area contributed by atoms with Crippen LogP contribution < -0.4 is 4.90 Å². The van der Waals surface area contributed by atoms with Gasteiger partial charge in [-0.25, -0.2) is 0 Å². The molecule has 2 heteroatoms. The summed E-state index contributed by atoms with van der Waals surface area (Å²) in [5.74, 6) is 0. The Labute approximate surface area is 285 Å². The number of fused-ring (bicyclic) bond motifs is 7. The van der Waals surface area contributed by atoms with Crippen LogP contribution in [0.15, 0.2) is 192 Å². The molecule has 49 heavy (non-hydrogen) atoms. The average Bonchev–Trinajstić information content (AvgIpc) is 3.69. The van der Waals surface area contributed by atoms with Crippen molar-refractivity contribution in [2.75, 3.05) is 4.90 Å². The molecule has 0 radical (unpaired) electrons. The van der Waals surface area contributed by atoms with Crippen molar-refractivity contribution in [3.05, 3.63) is 210 Å². The van der Waals surface area contributed by atoms with Crippen molar-refractivity contribution in [1.29, 1.82) is 0 Å². The van der Waals surface area contributed by atoms with Crippen LogP contribution in [0, 0.1) is 0 Å². The SMILES string of the molecule is c1ccc(N(c2cccc(C3(c4ccccc4)c4ccccc4-c4ccccc43)c2)c2cccc3c2oc2cc4ccccc4cc23)cc1. The summed E-state index contributed by atoms with van der Waals surface area (Å²) in [6.45, 7) is 0. The predicted octanol–water partition coefficient (Wildman–Crippen LogP) is 12.6. The number of para-hydroxylation sites is 2. The molecule has 0 unspecified atom stereocenters. The van der Waals surface area contributed by atoms with Crippen molar-refractivity contribution >= 4 is 49.8 Å². The normalized spacial score (nSPS) is 13.1. The van der Waals surface area contributed by atoms with Gasteiger partial charge in [-0.05, 0) is 86.6 Å². The molecule has 0 saturated heterocycles. The van der Waals surface area contributed by atoms with Crippen molar-refractivity contribution < 1.29 is 4.42 Å². The number of benzene rings is 8. The van der Waals surface area contributed by atoms with E-state index in [4.69, 9.17) is 4.42 Å². The van der Waals surface area contributed by atoms with E-state index in [1.54, 1.807) is 0 Å². The smallest absolute Gasteiger partial charge is 0.159 e. The maximum Gasteiger partial charge on any atom is 0.159 e. The monoisotopic (exact) mass is 625 g/mol. The first-order valence-electron chi connectivity index (χ1n) is 16.9. The van der Waals surface area contributed by atoms with Gasteiger partial charge < -0.3 is 9.32 Å². The fourth-order valence-corrected chi connectivity index (χ4v) is 8.24. The molecule has 0 saturated carbocycles. The minimum Gasteiger partial charge on any atom is -0.454 e. The van der Waals surface area contributed by atoms with Gasteiger partial charge in [0.15, 0.2) is 5.58 Å². The number of nitrogens with zero attached hydrogens (tertiary/aromatic N) is 1. The Hall–Kier alpha value is -6.38. The van der Waals surface area contributed by atoms with Gasteiger partial charge >= 0.3 is 0 Å². The Morgan fingerprint density at radius 2 is 0.980 bits per heavy atom. The largest absolute Gasteiger partial charge is 0.454 e. The molecular weight excluding hydrogens is 595 g/mol. The van der Waals surface area contributed by atoms with E-state index in [0.29, 0.717) is 0 Å². The van der Waals surface area contributed by atoms with Crippen LogP contribution in [0.1, 0.15) is 22.3 Å². The molecule has 2 nitrogen and oxygen atoms in total. The predicted molar refractivity (Wildman–Crippen MR) is 203 cm³/mol. The van der Waals surface area contributed by atoms with Crippen LogP contribution in [-0.4, -0.2) is 0 Å². The molecule has 9 aromatic rings. The lowest BCUT2D eigenvalue weighted by molar-refractivity contribution is 0.669. The molecule has 230 valence electrons. The van der Waals surface area contributed by atoms with Crippen molar-refractivity contribution in [1.82, 2.24) is 0 Å². The van der Waals surface area contributed by atoms with Crippen LogP contribution >= 0.6 is 0 Å². The highest BCUT2D eigenvalue weighted by atomic mass is 16.3. The van der Waals surface area contributed by atoms with Crippen molar-refractivity contribution in [3.63, 3.8) is 0 Å². The quantitative estimate of drug-likeness (QED) is 0.189. The van der Waals surface area contributed by atoms with Crippen LogP contribution in [0.4, 0.5) is 17.1 Å². The minimum atomic E-state index is -0.488. The first-order chi connectivity index (χ1) is 24.3. The highest BCUT2D eigenvalue weighted by Gasteiger charge is 2.46. The van der Waals surface area contributed by atoms with Crippen LogP contribution in [0.25, 0.3) is 43.8 Å². The molecule has 0 bridgehead atoms. The summed E-state index contributed by atoms with van der Waals surface area (Å²) >= 11 is 0. The number of hydrogen-bond donors (Lipinski definition) is 0. The summed E-state index contributed by atoms with van der Waals surface area (Å²) in [7, 11) is 0. The van der Waals surface area contributed by atoms with Crippen LogP contribution in [0.5, 0.6) is 0 Å². The molecule has 1 aliphatic rings. The lowest BCUT2D eigenvalue weighted by atomic mass is 9.67. The van der Waals surface area contributed by atoms with Gasteiger partial charge in [0.05, 0.1) is 11.1 Å². The highest BCUT2D eigenvalue weighted by Crippen LogP contribution is 2.56. The number of rotatable bonds is 5. The fourth-order valence-electron chi connectivity index (χ4n) is 8.24. The van der Waals surface area contributed by atoms with Gasteiger partial charge in [0, 0.05) is 22.1 Å². The fraction of sp³-hybridized carbons (Fsp3) is 0.0213. The zero-order valence-corrected chi connectivity index (χ0v) is 26.8. The first kappa shape index (κ1) is 27.7. The van der Waals surface area contributed by atoms with E-state index in [1.807, 2.05) is 0 Å². The van der Waals surface area contributed by atoms with E-state index in [9.17, 15) is 0 Å². The van der Waals surface area contributed by atoms with E-state index in [2.05, 4.69) is 193 Å². The van der Waals surface area contributed by atoms with Crippen LogP contribution in [-0.2, 0) is 5.41 Å². The lowest BCUT2D eigenvalue weighted by Crippen LogP contribution is -2.28. The van der Waals surface area contributed by atoms with Gasteiger partial charge in [-0.2, -0.15) is 0 Å². The Kier molecular flexibility index (Phi) is 6.13. The third-order valence-corrected chi connectivity index (χ3v) is 10.3. The van der Waals surface area contributed by atoms with Gasteiger partial charge in [0.25, 0.3) is 0 Å². The second-order valence-electron chi connectivity index (χ2n) is 12.9. The van der Waals surface area contributed by atoms with E-state index in [0.717, 1.165) is 39.0 Å². The average molecular weight is 626 g/mol. The Morgan fingerprint density at radius 3 is 1.71 bits per heavy atom. The molecule has 0 aliphatic heterocycles.